The van der Waals surface area contributed by atoms with Crippen LogP contribution < -0.4 is 0 Å². The van der Waals surface area contributed by atoms with Gasteiger partial charge in [0.25, 0.3) is 0 Å². The maximum absolute atomic E-state index is 12.7. The van der Waals surface area contributed by atoms with Crippen molar-refractivity contribution in [2.24, 2.45) is 11.8 Å². The SMILES string of the molecule is CCCCCCCCCCCCCCCC(=O)OC[C@@H](COC(=O)CCCCCCCCCCCCCCCC(C)C)OC(=O)CCCCCCCCC(C)CC. The fraction of sp³-hybridized carbons (Fsp3) is 0.941. The van der Waals surface area contributed by atoms with Gasteiger partial charge < -0.3 is 14.2 Å². The van der Waals surface area contributed by atoms with Gasteiger partial charge in [-0.15, -0.1) is 0 Å². The van der Waals surface area contributed by atoms with Crippen molar-refractivity contribution in [1.29, 1.82) is 0 Å². The normalized spacial score (nSPS) is 12.5. The minimum atomic E-state index is -0.762. The van der Waals surface area contributed by atoms with Crippen molar-refractivity contribution in [2.75, 3.05) is 13.2 Å². The second kappa shape index (κ2) is 44.0. The minimum absolute atomic E-state index is 0.0647. The van der Waals surface area contributed by atoms with Crippen LogP contribution in [0.3, 0.4) is 0 Å². The van der Waals surface area contributed by atoms with Crippen molar-refractivity contribution in [1.82, 2.24) is 0 Å². The van der Waals surface area contributed by atoms with Gasteiger partial charge in [0.1, 0.15) is 13.2 Å². The molecule has 0 saturated heterocycles. The maximum Gasteiger partial charge on any atom is 0.306 e. The quantitative estimate of drug-likeness (QED) is 0.0346. The van der Waals surface area contributed by atoms with Crippen LogP contribution in [0.2, 0.25) is 0 Å². The molecule has 0 aliphatic heterocycles. The van der Waals surface area contributed by atoms with Gasteiger partial charge in [-0.1, -0.05) is 240 Å². The van der Waals surface area contributed by atoms with E-state index >= 15 is 0 Å². The summed E-state index contributed by atoms with van der Waals surface area (Å²) < 4.78 is 16.8. The Labute approximate surface area is 355 Å². The van der Waals surface area contributed by atoms with Gasteiger partial charge >= 0.3 is 17.9 Å². The Morgan fingerprint density at radius 1 is 0.368 bits per heavy atom. The van der Waals surface area contributed by atoms with Gasteiger partial charge in [0, 0.05) is 19.3 Å². The summed E-state index contributed by atoms with van der Waals surface area (Å²) in [6.07, 6.45) is 43.7. The Kier molecular flexibility index (Phi) is 42.7. The summed E-state index contributed by atoms with van der Waals surface area (Å²) in [4.78, 5) is 37.9. The average molecular weight is 807 g/mol. The lowest BCUT2D eigenvalue weighted by Gasteiger charge is -2.18. The number of hydrogen-bond acceptors (Lipinski definition) is 6. The highest BCUT2D eigenvalue weighted by atomic mass is 16.6. The molecule has 0 aliphatic carbocycles. The molecule has 2 atom stereocenters. The van der Waals surface area contributed by atoms with Crippen molar-refractivity contribution in [3.05, 3.63) is 0 Å². The van der Waals surface area contributed by atoms with Crippen LogP contribution in [0, 0.1) is 11.8 Å². The molecule has 338 valence electrons. The lowest BCUT2D eigenvalue weighted by Crippen LogP contribution is -2.30. The Morgan fingerprint density at radius 2 is 0.667 bits per heavy atom. The van der Waals surface area contributed by atoms with Crippen molar-refractivity contribution < 1.29 is 28.6 Å². The molecule has 6 heteroatoms. The van der Waals surface area contributed by atoms with E-state index in [9.17, 15) is 14.4 Å². The van der Waals surface area contributed by atoms with Gasteiger partial charge in [0.05, 0.1) is 0 Å². The number of carbonyl (C=O) groups excluding carboxylic acids is 3. The summed E-state index contributed by atoms with van der Waals surface area (Å²) in [5.41, 5.74) is 0. The summed E-state index contributed by atoms with van der Waals surface area (Å²) in [5.74, 6) is 0.797. The van der Waals surface area contributed by atoms with Crippen molar-refractivity contribution >= 4 is 17.9 Å². The lowest BCUT2D eigenvalue weighted by atomic mass is 10.00. The first-order valence-electron chi connectivity index (χ1n) is 25.3. The van der Waals surface area contributed by atoms with Crippen molar-refractivity contribution in [3.8, 4) is 0 Å². The first kappa shape index (κ1) is 55.4. The third-order valence-electron chi connectivity index (χ3n) is 11.8. The summed E-state index contributed by atoms with van der Waals surface area (Å²) in [6, 6.07) is 0. The number of hydrogen-bond donors (Lipinski definition) is 0. The predicted octanol–water partition coefficient (Wildman–Crippen LogP) is 16.1. The van der Waals surface area contributed by atoms with Crippen molar-refractivity contribution in [2.45, 2.75) is 285 Å². The van der Waals surface area contributed by atoms with E-state index in [2.05, 4.69) is 34.6 Å². The second-order valence-corrected chi connectivity index (χ2v) is 18.2. The number of esters is 3. The lowest BCUT2D eigenvalue weighted by molar-refractivity contribution is -0.167. The number of carbonyl (C=O) groups is 3. The van der Waals surface area contributed by atoms with E-state index < -0.39 is 6.10 Å². The van der Waals surface area contributed by atoms with Crippen LogP contribution in [0.1, 0.15) is 279 Å². The Morgan fingerprint density at radius 3 is 1.00 bits per heavy atom. The molecule has 0 aromatic heterocycles. The molecular formula is C51H98O6. The number of unbranched alkanes of at least 4 members (excludes halogenated alkanes) is 29. The smallest absolute Gasteiger partial charge is 0.306 e. The summed E-state index contributed by atoms with van der Waals surface area (Å²) in [7, 11) is 0. The number of ether oxygens (including phenoxy) is 3. The van der Waals surface area contributed by atoms with Gasteiger partial charge in [-0.2, -0.15) is 0 Å². The molecule has 0 aliphatic rings. The molecule has 0 saturated carbocycles. The first-order valence-corrected chi connectivity index (χ1v) is 25.3. The number of rotatable bonds is 45. The Bertz CT molecular complexity index is 872. The molecule has 6 nitrogen and oxygen atoms in total. The van der Waals surface area contributed by atoms with Crippen LogP contribution >= 0.6 is 0 Å². The van der Waals surface area contributed by atoms with Gasteiger partial charge in [-0.05, 0) is 31.1 Å². The van der Waals surface area contributed by atoms with Crippen molar-refractivity contribution in [3.63, 3.8) is 0 Å². The highest BCUT2D eigenvalue weighted by molar-refractivity contribution is 5.71. The van der Waals surface area contributed by atoms with Crippen LogP contribution in [0.5, 0.6) is 0 Å². The Hall–Kier alpha value is -1.59. The molecular weight excluding hydrogens is 709 g/mol. The predicted molar refractivity (Wildman–Crippen MR) is 243 cm³/mol. The zero-order valence-corrected chi connectivity index (χ0v) is 39.0. The molecule has 0 aromatic carbocycles. The molecule has 0 spiro atoms. The van der Waals surface area contributed by atoms with E-state index in [0.29, 0.717) is 19.3 Å². The van der Waals surface area contributed by atoms with Gasteiger partial charge in [-0.3, -0.25) is 14.4 Å². The minimum Gasteiger partial charge on any atom is -0.462 e. The maximum atomic E-state index is 12.7. The monoisotopic (exact) mass is 807 g/mol. The van der Waals surface area contributed by atoms with E-state index in [4.69, 9.17) is 14.2 Å². The zero-order valence-electron chi connectivity index (χ0n) is 39.0. The molecule has 0 fully saturated rings. The van der Waals surface area contributed by atoms with Gasteiger partial charge in [0.2, 0.25) is 0 Å². The highest BCUT2D eigenvalue weighted by Crippen LogP contribution is 2.17. The molecule has 0 aromatic rings. The fourth-order valence-electron chi connectivity index (χ4n) is 7.60. The van der Waals surface area contributed by atoms with E-state index in [1.54, 1.807) is 0 Å². The molecule has 0 rings (SSSR count). The molecule has 0 amide bonds. The van der Waals surface area contributed by atoms with E-state index in [1.165, 1.54) is 167 Å². The topological polar surface area (TPSA) is 78.9 Å². The van der Waals surface area contributed by atoms with Gasteiger partial charge in [-0.25, -0.2) is 0 Å². The average Bonchev–Trinajstić information content (AvgIpc) is 3.19. The molecule has 0 heterocycles. The summed E-state index contributed by atoms with van der Waals surface area (Å²) in [5, 5.41) is 0. The van der Waals surface area contributed by atoms with Crippen LogP contribution in [-0.4, -0.2) is 37.2 Å². The molecule has 1 unspecified atom stereocenters. The molecule has 57 heavy (non-hydrogen) atoms. The molecule has 0 N–H and O–H groups in total. The summed E-state index contributed by atoms with van der Waals surface area (Å²) >= 11 is 0. The van der Waals surface area contributed by atoms with Crippen LogP contribution in [-0.2, 0) is 28.6 Å². The Balaban J connectivity index is 4.28. The molecule has 0 radical (unpaired) electrons. The second-order valence-electron chi connectivity index (χ2n) is 18.2. The summed E-state index contributed by atoms with van der Waals surface area (Å²) in [6.45, 7) is 11.3. The van der Waals surface area contributed by atoms with Crippen LogP contribution in [0.25, 0.3) is 0 Å². The first-order chi connectivity index (χ1) is 27.8. The van der Waals surface area contributed by atoms with E-state index in [-0.39, 0.29) is 31.1 Å². The highest BCUT2D eigenvalue weighted by Gasteiger charge is 2.19. The standard InChI is InChI=1S/C51H98O6/c1-6-8-9-10-11-12-13-15-19-22-25-31-36-41-49(52)55-44-48(57-51(54)43-38-33-28-27-30-35-40-47(5)7-2)45-56-50(53)42-37-32-26-23-20-17-14-16-18-21-24-29-34-39-46(3)4/h46-48H,6-45H2,1-5H3/t47?,48-/m0/s1. The molecule has 0 bridgehead atoms. The largest absolute Gasteiger partial charge is 0.462 e. The van der Waals surface area contributed by atoms with Gasteiger partial charge in [0.15, 0.2) is 6.10 Å². The van der Waals surface area contributed by atoms with Crippen LogP contribution in [0.4, 0.5) is 0 Å². The zero-order chi connectivity index (χ0) is 41.9. The third kappa shape index (κ3) is 43.8. The van der Waals surface area contributed by atoms with E-state index in [1.807, 2.05) is 0 Å². The van der Waals surface area contributed by atoms with Crippen LogP contribution in [0.15, 0.2) is 0 Å². The third-order valence-corrected chi connectivity index (χ3v) is 11.8. The fourth-order valence-corrected chi connectivity index (χ4v) is 7.60. The van der Waals surface area contributed by atoms with E-state index in [0.717, 1.165) is 69.6 Å².